The van der Waals surface area contributed by atoms with E-state index in [1.165, 1.54) is 23.6 Å². The predicted octanol–water partition coefficient (Wildman–Crippen LogP) is 2.94. The van der Waals surface area contributed by atoms with Crippen LogP contribution >= 0.6 is 11.8 Å². The fourth-order valence-corrected chi connectivity index (χ4v) is 5.03. The summed E-state index contributed by atoms with van der Waals surface area (Å²) in [7, 11) is 0. The van der Waals surface area contributed by atoms with E-state index in [9.17, 15) is 14.4 Å². The summed E-state index contributed by atoms with van der Waals surface area (Å²) in [6.45, 7) is 1.39. The molecule has 1 fully saturated rings. The highest BCUT2D eigenvalue weighted by Gasteiger charge is 2.52. The van der Waals surface area contributed by atoms with Crippen molar-refractivity contribution >= 4 is 29.6 Å². The van der Waals surface area contributed by atoms with Gasteiger partial charge in [-0.2, -0.15) is 0 Å². The number of esters is 2. The Morgan fingerprint density at radius 2 is 1.73 bits per heavy atom. The molecule has 2 aliphatic rings. The van der Waals surface area contributed by atoms with E-state index in [1.807, 2.05) is 60.7 Å². The van der Waals surface area contributed by atoms with E-state index < -0.39 is 24.1 Å². The van der Waals surface area contributed by atoms with Crippen molar-refractivity contribution < 1.29 is 23.9 Å². The lowest BCUT2D eigenvalue weighted by molar-refractivity contribution is -0.153. The summed E-state index contributed by atoms with van der Waals surface area (Å²) < 4.78 is 11.0. The first kappa shape index (κ1) is 22.8. The molecule has 8 heteroatoms. The van der Waals surface area contributed by atoms with Crippen LogP contribution in [0.3, 0.4) is 0 Å². The van der Waals surface area contributed by atoms with Gasteiger partial charge >= 0.3 is 11.9 Å². The van der Waals surface area contributed by atoms with Crippen molar-refractivity contribution in [2.24, 2.45) is 5.73 Å². The molecule has 0 bridgehead atoms. The number of benzene rings is 2. The number of hydrogen-bond acceptors (Lipinski definition) is 7. The highest BCUT2D eigenvalue weighted by Crippen LogP contribution is 2.41. The van der Waals surface area contributed by atoms with Gasteiger partial charge in [0.1, 0.15) is 23.7 Å². The fourth-order valence-electron chi connectivity index (χ4n) is 3.76. The Labute approximate surface area is 196 Å². The Kier molecular flexibility index (Phi) is 6.96. The molecule has 2 aliphatic heterocycles. The number of allylic oxidation sites excluding steroid dienone is 1. The van der Waals surface area contributed by atoms with Crippen molar-refractivity contribution in [1.82, 2.24) is 4.90 Å². The lowest BCUT2D eigenvalue weighted by atomic mass is 10.0. The normalized spacial score (nSPS) is 20.0. The molecule has 1 unspecified atom stereocenters. The highest BCUT2D eigenvalue weighted by atomic mass is 32.2. The molecule has 2 heterocycles. The van der Waals surface area contributed by atoms with Crippen LogP contribution < -0.4 is 5.73 Å². The van der Waals surface area contributed by atoms with Crippen molar-refractivity contribution in [2.45, 2.75) is 24.4 Å². The minimum atomic E-state index is -0.650. The molecule has 2 aromatic rings. The number of carbonyl (C=O) groups is 3. The zero-order valence-corrected chi connectivity index (χ0v) is 18.9. The van der Waals surface area contributed by atoms with Crippen molar-refractivity contribution in [2.75, 3.05) is 12.4 Å². The van der Waals surface area contributed by atoms with Crippen LogP contribution in [0.1, 0.15) is 24.2 Å². The van der Waals surface area contributed by atoms with Gasteiger partial charge in [0.2, 0.25) is 5.91 Å². The highest BCUT2D eigenvalue weighted by molar-refractivity contribution is 8.00. The van der Waals surface area contributed by atoms with Crippen LogP contribution in [0.2, 0.25) is 0 Å². The molecule has 0 saturated carbocycles. The molecule has 4 rings (SSSR count). The minimum absolute atomic E-state index is 0.0688. The Morgan fingerprint density at radius 3 is 2.30 bits per heavy atom. The maximum absolute atomic E-state index is 13.5. The van der Waals surface area contributed by atoms with Gasteiger partial charge in [-0.25, -0.2) is 4.79 Å². The first-order valence-electron chi connectivity index (χ1n) is 10.5. The number of hydrogen-bond donors (Lipinski definition) is 1. The summed E-state index contributed by atoms with van der Waals surface area (Å²) in [4.78, 5) is 38.5. The zero-order chi connectivity index (χ0) is 23.4. The standard InChI is InChI=1S/C25H24N2O5S/c1-16(28)31-14-8-13-19-15-33-24-20(26)23(29)27(24)21(19)25(30)32-22(17-9-4-2-5-10-17)18-11-6-3-7-12-18/h2-13,20,22,24H,14-15,26H2,1H3/t20?,24-/m0/s1. The largest absolute Gasteiger partial charge is 0.462 e. The topological polar surface area (TPSA) is 98.9 Å². The third-order valence-electron chi connectivity index (χ3n) is 5.36. The first-order chi connectivity index (χ1) is 16.0. The lowest BCUT2D eigenvalue weighted by Crippen LogP contribution is -2.68. The average molecular weight is 465 g/mol. The summed E-state index contributed by atoms with van der Waals surface area (Å²) in [6.07, 6.45) is 2.69. The summed E-state index contributed by atoms with van der Waals surface area (Å²) in [6, 6.07) is 18.2. The number of rotatable bonds is 7. The Bertz CT molecular complexity index is 1060. The first-order valence-corrected chi connectivity index (χ1v) is 11.6. The summed E-state index contributed by atoms with van der Waals surface area (Å²) in [5, 5.41) is -0.308. The number of fused-ring (bicyclic) bond motifs is 1. The van der Waals surface area contributed by atoms with Crippen LogP contribution in [0.4, 0.5) is 0 Å². The van der Waals surface area contributed by atoms with Gasteiger partial charge < -0.3 is 15.2 Å². The summed E-state index contributed by atoms with van der Waals surface area (Å²) in [5.41, 5.74) is 8.40. The van der Waals surface area contributed by atoms with Crippen molar-refractivity contribution in [3.63, 3.8) is 0 Å². The summed E-state index contributed by atoms with van der Waals surface area (Å²) >= 11 is 1.49. The van der Waals surface area contributed by atoms with Crippen LogP contribution in [0.15, 0.2) is 84.1 Å². The third kappa shape index (κ3) is 4.86. The molecule has 1 saturated heterocycles. The van der Waals surface area contributed by atoms with E-state index >= 15 is 0 Å². The van der Waals surface area contributed by atoms with Crippen LogP contribution in [0.5, 0.6) is 0 Å². The summed E-state index contributed by atoms with van der Waals surface area (Å²) in [5.74, 6) is -0.847. The Balaban J connectivity index is 1.66. The van der Waals surface area contributed by atoms with Crippen LogP contribution in [-0.4, -0.2) is 46.5 Å². The van der Waals surface area contributed by atoms with Crippen molar-refractivity contribution in [3.05, 3.63) is 95.2 Å². The maximum Gasteiger partial charge on any atom is 0.356 e. The van der Waals surface area contributed by atoms with E-state index in [0.29, 0.717) is 11.3 Å². The molecule has 33 heavy (non-hydrogen) atoms. The average Bonchev–Trinajstić information content (AvgIpc) is 2.85. The molecule has 0 spiro atoms. The van der Waals surface area contributed by atoms with Gasteiger partial charge in [0, 0.05) is 12.7 Å². The van der Waals surface area contributed by atoms with E-state index in [4.69, 9.17) is 15.2 Å². The van der Waals surface area contributed by atoms with Crippen LogP contribution in [0, 0.1) is 0 Å². The van der Waals surface area contributed by atoms with Gasteiger partial charge in [-0.3, -0.25) is 14.5 Å². The molecule has 7 nitrogen and oxygen atoms in total. The second-order valence-corrected chi connectivity index (χ2v) is 8.73. The molecule has 2 atom stereocenters. The second-order valence-electron chi connectivity index (χ2n) is 7.62. The predicted molar refractivity (Wildman–Crippen MR) is 125 cm³/mol. The third-order valence-corrected chi connectivity index (χ3v) is 6.69. The van der Waals surface area contributed by atoms with Gasteiger partial charge in [0.25, 0.3) is 0 Å². The van der Waals surface area contributed by atoms with Gasteiger partial charge in [-0.05, 0) is 22.8 Å². The van der Waals surface area contributed by atoms with Crippen LogP contribution in [-0.2, 0) is 23.9 Å². The number of nitrogens with two attached hydrogens (primary N) is 1. The Hall–Kier alpha value is -3.36. The molecular formula is C25H24N2O5S. The maximum atomic E-state index is 13.5. The number of ether oxygens (including phenoxy) is 2. The van der Waals surface area contributed by atoms with E-state index in [1.54, 1.807) is 12.2 Å². The number of nitrogens with zero attached hydrogens (tertiary/aromatic N) is 1. The molecule has 0 aromatic heterocycles. The Morgan fingerprint density at radius 1 is 1.12 bits per heavy atom. The lowest BCUT2D eigenvalue weighted by Gasteiger charge is -2.48. The van der Waals surface area contributed by atoms with Gasteiger partial charge in [-0.15, -0.1) is 11.8 Å². The van der Waals surface area contributed by atoms with E-state index in [0.717, 1.165) is 11.1 Å². The molecule has 0 radical (unpaired) electrons. The number of β-lactam (4-membered cyclic amide) rings is 1. The van der Waals surface area contributed by atoms with Gasteiger partial charge in [0.05, 0.1) is 0 Å². The number of amides is 1. The van der Waals surface area contributed by atoms with Crippen LogP contribution in [0.25, 0.3) is 0 Å². The van der Waals surface area contributed by atoms with Gasteiger partial charge in [0.15, 0.2) is 6.10 Å². The zero-order valence-electron chi connectivity index (χ0n) is 18.0. The second kappa shape index (κ2) is 10.1. The van der Waals surface area contributed by atoms with Crippen molar-refractivity contribution in [1.29, 1.82) is 0 Å². The minimum Gasteiger partial charge on any atom is -0.462 e. The van der Waals surface area contributed by atoms with Gasteiger partial charge in [-0.1, -0.05) is 66.7 Å². The molecule has 170 valence electrons. The molecular weight excluding hydrogens is 440 g/mol. The number of thioether (sulfide) groups is 1. The number of carbonyl (C=O) groups excluding carboxylic acids is 3. The monoisotopic (exact) mass is 464 g/mol. The SMILES string of the molecule is CC(=O)OCC=CC1=C(C(=O)OC(c2ccccc2)c2ccccc2)N2C(=O)C(N)[C@@H]2SC1. The van der Waals surface area contributed by atoms with E-state index in [-0.39, 0.29) is 23.6 Å². The molecule has 2 N–H and O–H groups in total. The van der Waals surface area contributed by atoms with E-state index in [2.05, 4.69) is 0 Å². The smallest absolute Gasteiger partial charge is 0.356 e. The fraction of sp³-hybridized carbons (Fsp3) is 0.240. The molecule has 1 amide bonds. The quantitative estimate of drug-likeness (QED) is 0.497. The molecule has 0 aliphatic carbocycles. The van der Waals surface area contributed by atoms with Crippen molar-refractivity contribution in [3.8, 4) is 0 Å². The molecule has 2 aromatic carbocycles.